The van der Waals surface area contributed by atoms with Crippen molar-refractivity contribution >= 4 is 15.9 Å². The van der Waals surface area contributed by atoms with Gasteiger partial charge in [0.1, 0.15) is 18.5 Å². The van der Waals surface area contributed by atoms with Gasteiger partial charge in [-0.05, 0) is 36.6 Å². The molecule has 0 bridgehead atoms. The summed E-state index contributed by atoms with van der Waals surface area (Å²) >= 11 is 3.36. The Balaban J connectivity index is 1.65. The maximum absolute atomic E-state index is 9.73. The fraction of sp³-hybridized carbons (Fsp3) is 0.538. The van der Waals surface area contributed by atoms with Crippen molar-refractivity contribution in [1.29, 1.82) is 0 Å². The van der Waals surface area contributed by atoms with Gasteiger partial charge in [-0.2, -0.15) is 0 Å². The number of rotatable bonds is 6. The lowest BCUT2D eigenvalue weighted by molar-refractivity contribution is 0.106. The summed E-state index contributed by atoms with van der Waals surface area (Å²) in [7, 11) is 0. The minimum absolute atomic E-state index is 0.329. The zero-order chi connectivity index (χ0) is 12.3. The third-order valence-electron chi connectivity index (χ3n) is 2.98. The van der Waals surface area contributed by atoms with E-state index >= 15 is 0 Å². The van der Waals surface area contributed by atoms with E-state index in [1.807, 2.05) is 24.3 Å². The third kappa shape index (κ3) is 4.30. The molecule has 1 saturated carbocycles. The highest BCUT2D eigenvalue weighted by Gasteiger charge is 2.32. The van der Waals surface area contributed by atoms with Gasteiger partial charge in [0, 0.05) is 17.1 Å². The summed E-state index contributed by atoms with van der Waals surface area (Å²) in [4.78, 5) is 0. The lowest BCUT2D eigenvalue weighted by Crippen LogP contribution is -2.33. The monoisotopic (exact) mass is 299 g/mol. The van der Waals surface area contributed by atoms with Crippen molar-refractivity contribution in [1.82, 2.24) is 5.32 Å². The Morgan fingerprint density at radius 3 is 2.71 bits per heavy atom. The van der Waals surface area contributed by atoms with Crippen molar-refractivity contribution < 1.29 is 9.84 Å². The number of hydrogen-bond donors (Lipinski definition) is 2. The smallest absolute Gasteiger partial charge is 0.119 e. The number of hydrogen-bond acceptors (Lipinski definition) is 3. The average Bonchev–Trinajstić information content (AvgIpc) is 3.02. The van der Waals surface area contributed by atoms with Gasteiger partial charge in [-0.25, -0.2) is 0 Å². The van der Waals surface area contributed by atoms with Crippen LogP contribution >= 0.6 is 15.9 Å². The zero-order valence-electron chi connectivity index (χ0n) is 9.90. The molecule has 0 radical (unpaired) electrons. The summed E-state index contributed by atoms with van der Waals surface area (Å²) in [6, 6.07) is 8.20. The van der Waals surface area contributed by atoms with Gasteiger partial charge in [-0.15, -0.1) is 0 Å². The van der Waals surface area contributed by atoms with E-state index in [0.29, 0.717) is 19.2 Å². The van der Waals surface area contributed by atoms with Gasteiger partial charge in [-0.1, -0.05) is 22.9 Å². The number of benzene rings is 1. The highest BCUT2D eigenvalue weighted by molar-refractivity contribution is 9.10. The molecule has 0 aromatic heterocycles. The van der Waals surface area contributed by atoms with Crippen LogP contribution in [-0.4, -0.2) is 30.4 Å². The topological polar surface area (TPSA) is 41.5 Å². The molecule has 2 N–H and O–H groups in total. The Labute approximate surface area is 110 Å². The molecule has 4 heteroatoms. The highest BCUT2D eigenvalue weighted by atomic mass is 79.9. The minimum atomic E-state index is -0.452. The van der Waals surface area contributed by atoms with E-state index in [1.54, 1.807) is 0 Å². The van der Waals surface area contributed by atoms with Crippen LogP contribution in [0, 0.1) is 5.92 Å². The van der Waals surface area contributed by atoms with Crippen molar-refractivity contribution in [3.05, 3.63) is 28.7 Å². The summed E-state index contributed by atoms with van der Waals surface area (Å²) in [6.07, 6.45) is 0.770. The maximum Gasteiger partial charge on any atom is 0.119 e. The molecule has 1 aliphatic rings. The van der Waals surface area contributed by atoms with E-state index in [2.05, 4.69) is 28.2 Å². The first-order valence-corrected chi connectivity index (χ1v) is 6.74. The minimum Gasteiger partial charge on any atom is -0.491 e. The van der Waals surface area contributed by atoms with Crippen molar-refractivity contribution in [2.75, 3.05) is 13.2 Å². The molecule has 1 fully saturated rings. The quantitative estimate of drug-likeness (QED) is 0.846. The number of ether oxygens (including phenoxy) is 1. The lowest BCUT2D eigenvalue weighted by Gasteiger charge is -2.13. The Kier molecular flexibility index (Phi) is 4.42. The normalized spacial score (nSPS) is 24.4. The standard InChI is InChI=1S/C13H18BrNO2/c1-9-6-13(9)15-7-11(16)8-17-12-4-2-10(14)3-5-12/h2-5,9,11,13,15-16H,6-8H2,1H3. The molecule has 1 aromatic rings. The van der Waals surface area contributed by atoms with Crippen LogP contribution in [0.3, 0.4) is 0 Å². The molecule has 3 unspecified atom stereocenters. The summed E-state index contributed by atoms with van der Waals surface area (Å²) in [6.45, 7) is 3.14. The molecule has 2 rings (SSSR count). The molecule has 0 aliphatic heterocycles. The molecule has 0 heterocycles. The van der Waals surface area contributed by atoms with Crippen molar-refractivity contribution in [2.24, 2.45) is 5.92 Å². The van der Waals surface area contributed by atoms with Gasteiger partial charge in [0.15, 0.2) is 0 Å². The molecule has 0 spiro atoms. The van der Waals surface area contributed by atoms with Crippen molar-refractivity contribution in [3.63, 3.8) is 0 Å². The van der Waals surface area contributed by atoms with Gasteiger partial charge in [0.2, 0.25) is 0 Å². The first-order chi connectivity index (χ1) is 8.15. The van der Waals surface area contributed by atoms with E-state index in [-0.39, 0.29) is 0 Å². The largest absolute Gasteiger partial charge is 0.491 e. The predicted molar refractivity (Wildman–Crippen MR) is 71.2 cm³/mol. The predicted octanol–water partition coefficient (Wildman–Crippen LogP) is 2.19. The van der Waals surface area contributed by atoms with E-state index < -0.39 is 6.10 Å². The second-order valence-corrected chi connectivity index (χ2v) is 5.56. The first kappa shape index (κ1) is 12.9. The summed E-state index contributed by atoms with van der Waals surface area (Å²) in [5, 5.41) is 13.0. The number of aliphatic hydroxyl groups excluding tert-OH is 1. The van der Waals surface area contributed by atoms with Gasteiger partial charge < -0.3 is 15.2 Å². The van der Waals surface area contributed by atoms with E-state index in [4.69, 9.17) is 4.74 Å². The zero-order valence-corrected chi connectivity index (χ0v) is 11.5. The third-order valence-corrected chi connectivity index (χ3v) is 3.51. The van der Waals surface area contributed by atoms with Crippen LogP contribution in [-0.2, 0) is 0 Å². The molecule has 3 atom stereocenters. The fourth-order valence-electron chi connectivity index (χ4n) is 1.68. The maximum atomic E-state index is 9.73. The van der Waals surface area contributed by atoms with Crippen LogP contribution in [0.1, 0.15) is 13.3 Å². The fourth-order valence-corrected chi connectivity index (χ4v) is 1.94. The second kappa shape index (κ2) is 5.85. The van der Waals surface area contributed by atoms with Crippen LogP contribution in [0.15, 0.2) is 28.7 Å². The summed E-state index contributed by atoms with van der Waals surface area (Å²) in [5.74, 6) is 1.54. The van der Waals surface area contributed by atoms with Gasteiger partial charge in [0.25, 0.3) is 0 Å². The van der Waals surface area contributed by atoms with Crippen molar-refractivity contribution in [2.45, 2.75) is 25.5 Å². The Hall–Kier alpha value is -0.580. The van der Waals surface area contributed by atoms with Gasteiger partial charge in [-0.3, -0.25) is 0 Å². The van der Waals surface area contributed by atoms with Crippen LogP contribution in [0.25, 0.3) is 0 Å². The molecule has 0 amide bonds. The van der Waals surface area contributed by atoms with Gasteiger partial charge >= 0.3 is 0 Å². The van der Waals surface area contributed by atoms with Crippen LogP contribution in [0.2, 0.25) is 0 Å². The van der Waals surface area contributed by atoms with E-state index in [0.717, 1.165) is 16.1 Å². The Morgan fingerprint density at radius 2 is 2.12 bits per heavy atom. The van der Waals surface area contributed by atoms with Crippen LogP contribution in [0.5, 0.6) is 5.75 Å². The lowest BCUT2D eigenvalue weighted by atomic mass is 10.3. The molecule has 94 valence electrons. The number of halogens is 1. The molecule has 3 nitrogen and oxygen atoms in total. The van der Waals surface area contributed by atoms with E-state index in [9.17, 15) is 5.11 Å². The summed E-state index contributed by atoms with van der Waals surface area (Å²) < 4.78 is 6.51. The molecular weight excluding hydrogens is 282 g/mol. The molecule has 1 aliphatic carbocycles. The molecule has 1 aromatic carbocycles. The average molecular weight is 300 g/mol. The number of aliphatic hydroxyl groups is 1. The van der Waals surface area contributed by atoms with Crippen molar-refractivity contribution in [3.8, 4) is 5.75 Å². The Bertz CT molecular complexity index is 355. The highest BCUT2D eigenvalue weighted by Crippen LogP contribution is 2.28. The molecular formula is C13H18BrNO2. The van der Waals surface area contributed by atoms with Crippen LogP contribution < -0.4 is 10.1 Å². The Morgan fingerprint density at radius 1 is 1.47 bits per heavy atom. The molecule has 17 heavy (non-hydrogen) atoms. The second-order valence-electron chi connectivity index (χ2n) is 4.65. The van der Waals surface area contributed by atoms with Crippen LogP contribution in [0.4, 0.5) is 0 Å². The first-order valence-electron chi connectivity index (χ1n) is 5.95. The summed E-state index contributed by atoms with van der Waals surface area (Å²) in [5.41, 5.74) is 0. The SMILES string of the molecule is CC1CC1NCC(O)COc1ccc(Br)cc1. The molecule has 0 saturated heterocycles. The van der Waals surface area contributed by atoms with Gasteiger partial charge in [0.05, 0.1) is 0 Å². The number of nitrogens with one attached hydrogen (secondary N) is 1. The van der Waals surface area contributed by atoms with E-state index in [1.165, 1.54) is 6.42 Å².